The number of carbonyl (C=O) groups is 1. The molecule has 0 spiro atoms. The van der Waals surface area contributed by atoms with Gasteiger partial charge in [0.15, 0.2) is 5.82 Å². The predicted octanol–water partition coefficient (Wildman–Crippen LogP) is 1.89. The van der Waals surface area contributed by atoms with Gasteiger partial charge in [-0.15, -0.1) is 0 Å². The summed E-state index contributed by atoms with van der Waals surface area (Å²) in [5, 5.41) is 13.5. The lowest BCUT2D eigenvalue weighted by Crippen LogP contribution is -2.39. The fourth-order valence-corrected chi connectivity index (χ4v) is 3.39. The van der Waals surface area contributed by atoms with Crippen LogP contribution in [0.5, 0.6) is 0 Å². The van der Waals surface area contributed by atoms with E-state index in [0.717, 1.165) is 24.1 Å². The van der Waals surface area contributed by atoms with Gasteiger partial charge in [-0.1, -0.05) is 0 Å². The summed E-state index contributed by atoms with van der Waals surface area (Å²) in [6, 6.07) is 1.29. The van der Waals surface area contributed by atoms with Crippen molar-refractivity contribution >= 4 is 11.7 Å². The largest absolute Gasteiger partial charge is 0.311 e. The number of fused-ring (bicyclic) bond motifs is 2. The van der Waals surface area contributed by atoms with Crippen LogP contribution in [0.4, 0.5) is 5.82 Å². The van der Waals surface area contributed by atoms with Crippen LogP contribution in [0, 0.1) is 19.8 Å². The lowest BCUT2D eigenvalue weighted by molar-refractivity contribution is -0.117. The number of nitrogens with one attached hydrogen (secondary N) is 3. The van der Waals surface area contributed by atoms with Crippen LogP contribution in [0.2, 0.25) is 0 Å². The first kappa shape index (κ1) is 12.7. The van der Waals surface area contributed by atoms with E-state index in [2.05, 4.69) is 20.8 Å². The number of aromatic nitrogens is 2. The molecule has 1 aromatic rings. The second-order valence-electron chi connectivity index (χ2n) is 6.05. The normalized spacial score (nSPS) is 29.5. The van der Waals surface area contributed by atoms with Crippen molar-refractivity contribution in [3.8, 4) is 0 Å². The number of H-pyrrole nitrogens is 1. The minimum absolute atomic E-state index is 0.0981. The van der Waals surface area contributed by atoms with Gasteiger partial charge in [-0.05, 0) is 45.4 Å². The number of carbonyl (C=O) groups excluding carboxylic acids is 1. The van der Waals surface area contributed by atoms with Crippen LogP contribution in [-0.2, 0) is 4.79 Å². The molecule has 104 valence electrons. The molecule has 5 heteroatoms. The number of rotatable bonds is 3. The van der Waals surface area contributed by atoms with Crippen LogP contribution in [0.25, 0.3) is 0 Å². The average molecular weight is 262 g/mol. The zero-order chi connectivity index (χ0) is 13.4. The molecule has 2 unspecified atom stereocenters. The summed E-state index contributed by atoms with van der Waals surface area (Å²) < 4.78 is 0. The summed E-state index contributed by atoms with van der Waals surface area (Å²) in [6.07, 6.45) is 5.46. The van der Waals surface area contributed by atoms with Gasteiger partial charge in [0.2, 0.25) is 5.91 Å². The summed E-state index contributed by atoms with van der Waals surface area (Å²) in [5.41, 5.74) is 2.04. The number of aromatic amines is 1. The van der Waals surface area contributed by atoms with Crippen LogP contribution < -0.4 is 10.6 Å². The summed E-state index contributed by atoms with van der Waals surface area (Å²) in [5.74, 6) is 1.31. The number of hydrogen-bond acceptors (Lipinski definition) is 3. The van der Waals surface area contributed by atoms with Gasteiger partial charge in [-0.2, -0.15) is 5.10 Å². The smallest absolute Gasteiger partial charge is 0.225 e. The molecule has 3 heterocycles. The molecule has 2 atom stereocenters. The van der Waals surface area contributed by atoms with Gasteiger partial charge < -0.3 is 10.6 Å². The molecule has 2 bridgehead atoms. The minimum Gasteiger partial charge on any atom is -0.311 e. The van der Waals surface area contributed by atoms with Crippen LogP contribution in [0.3, 0.4) is 0 Å². The van der Waals surface area contributed by atoms with E-state index in [1.807, 2.05) is 13.8 Å². The number of amides is 1. The highest BCUT2D eigenvalue weighted by molar-refractivity contribution is 5.90. The summed E-state index contributed by atoms with van der Waals surface area (Å²) in [4.78, 5) is 12.1. The Morgan fingerprint density at radius 3 is 2.58 bits per heavy atom. The Morgan fingerprint density at radius 1 is 1.32 bits per heavy atom. The topological polar surface area (TPSA) is 69.8 Å². The van der Waals surface area contributed by atoms with Crippen molar-refractivity contribution in [1.82, 2.24) is 15.5 Å². The minimum atomic E-state index is 0.0981. The monoisotopic (exact) mass is 262 g/mol. The zero-order valence-electron chi connectivity index (χ0n) is 11.6. The molecular weight excluding hydrogens is 240 g/mol. The molecule has 0 radical (unpaired) electrons. The highest BCUT2D eigenvalue weighted by Gasteiger charge is 2.34. The Kier molecular flexibility index (Phi) is 3.31. The molecule has 2 aliphatic heterocycles. The second-order valence-corrected chi connectivity index (χ2v) is 6.05. The average Bonchev–Trinajstić information content (AvgIpc) is 2.86. The van der Waals surface area contributed by atoms with Crippen LogP contribution in [0.1, 0.15) is 43.4 Å². The Morgan fingerprint density at radius 2 is 2.00 bits per heavy atom. The molecule has 1 amide bonds. The van der Waals surface area contributed by atoms with E-state index in [1.165, 1.54) is 12.8 Å². The molecule has 0 aliphatic carbocycles. The highest BCUT2D eigenvalue weighted by Crippen LogP contribution is 2.32. The van der Waals surface area contributed by atoms with Crippen LogP contribution >= 0.6 is 0 Å². The zero-order valence-corrected chi connectivity index (χ0v) is 11.6. The van der Waals surface area contributed by atoms with Gasteiger partial charge in [0, 0.05) is 29.8 Å². The fraction of sp³-hybridized carbons (Fsp3) is 0.714. The molecule has 3 N–H and O–H groups in total. The van der Waals surface area contributed by atoms with Gasteiger partial charge >= 0.3 is 0 Å². The Labute approximate surface area is 113 Å². The molecule has 2 saturated heterocycles. The van der Waals surface area contributed by atoms with Gasteiger partial charge in [0.25, 0.3) is 0 Å². The van der Waals surface area contributed by atoms with Crippen LogP contribution in [-0.4, -0.2) is 28.2 Å². The fourth-order valence-electron chi connectivity index (χ4n) is 3.39. The first-order valence-electron chi connectivity index (χ1n) is 7.19. The maximum Gasteiger partial charge on any atom is 0.225 e. The third-order valence-corrected chi connectivity index (χ3v) is 4.56. The lowest BCUT2D eigenvalue weighted by Gasteiger charge is -2.28. The van der Waals surface area contributed by atoms with Crippen molar-refractivity contribution in [2.24, 2.45) is 5.92 Å². The molecule has 3 rings (SSSR count). The van der Waals surface area contributed by atoms with E-state index in [1.54, 1.807) is 0 Å². The van der Waals surface area contributed by atoms with Crippen molar-refractivity contribution in [3.05, 3.63) is 11.3 Å². The first-order chi connectivity index (χ1) is 9.11. The molecule has 0 aromatic carbocycles. The number of aryl methyl sites for hydroxylation is 1. The second kappa shape index (κ2) is 4.96. The van der Waals surface area contributed by atoms with E-state index >= 15 is 0 Å². The molecule has 1 aromatic heterocycles. The lowest BCUT2D eigenvalue weighted by atomic mass is 9.89. The van der Waals surface area contributed by atoms with Crippen molar-refractivity contribution in [2.75, 3.05) is 5.32 Å². The standard InChI is InChI=1S/C14H22N4O/c1-8-9(2)17-18-14(8)16-13(19)7-10-5-11-3-4-12(6-10)15-11/h10-12,15H,3-7H2,1-2H3,(H2,16,17,18,19). The van der Waals surface area contributed by atoms with E-state index in [4.69, 9.17) is 0 Å². The van der Waals surface area contributed by atoms with Crippen molar-refractivity contribution in [1.29, 1.82) is 0 Å². The molecule has 5 nitrogen and oxygen atoms in total. The number of hydrogen-bond donors (Lipinski definition) is 3. The number of nitrogens with zero attached hydrogens (tertiary/aromatic N) is 1. The molecule has 2 aliphatic rings. The van der Waals surface area contributed by atoms with E-state index < -0.39 is 0 Å². The Bertz CT molecular complexity index is 470. The van der Waals surface area contributed by atoms with Gasteiger partial charge in [-0.25, -0.2) is 0 Å². The third-order valence-electron chi connectivity index (χ3n) is 4.56. The van der Waals surface area contributed by atoms with Crippen molar-refractivity contribution in [2.45, 2.75) is 58.0 Å². The van der Waals surface area contributed by atoms with E-state index in [-0.39, 0.29) is 5.91 Å². The first-order valence-corrected chi connectivity index (χ1v) is 7.19. The van der Waals surface area contributed by atoms with E-state index in [0.29, 0.717) is 30.2 Å². The summed E-state index contributed by atoms with van der Waals surface area (Å²) >= 11 is 0. The molecule has 0 saturated carbocycles. The van der Waals surface area contributed by atoms with Crippen LogP contribution in [0.15, 0.2) is 0 Å². The SMILES string of the molecule is Cc1[nH]nc(NC(=O)CC2CC3CCC(C2)N3)c1C. The maximum absolute atomic E-state index is 12.1. The maximum atomic E-state index is 12.1. The summed E-state index contributed by atoms with van der Waals surface area (Å²) in [7, 11) is 0. The Hall–Kier alpha value is -1.36. The Balaban J connectivity index is 1.55. The molecular formula is C14H22N4O. The van der Waals surface area contributed by atoms with Gasteiger partial charge in [-0.3, -0.25) is 9.89 Å². The predicted molar refractivity (Wildman–Crippen MR) is 74.0 cm³/mol. The van der Waals surface area contributed by atoms with Gasteiger partial charge in [0.05, 0.1) is 0 Å². The third kappa shape index (κ3) is 2.66. The quantitative estimate of drug-likeness (QED) is 0.779. The molecule has 2 fully saturated rings. The molecule has 19 heavy (non-hydrogen) atoms. The number of anilines is 1. The van der Waals surface area contributed by atoms with Crippen molar-refractivity contribution < 1.29 is 4.79 Å². The number of piperidine rings is 1. The van der Waals surface area contributed by atoms with E-state index in [9.17, 15) is 4.79 Å². The van der Waals surface area contributed by atoms with Crippen molar-refractivity contribution in [3.63, 3.8) is 0 Å². The van der Waals surface area contributed by atoms with Gasteiger partial charge in [0.1, 0.15) is 0 Å². The summed E-state index contributed by atoms with van der Waals surface area (Å²) in [6.45, 7) is 3.93. The highest BCUT2D eigenvalue weighted by atomic mass is 16.1.